The summed E-state index contributed by atoms with van der Waals surface area (Å²) in [6.45, 7) is 0. The van der Waals surface area contributed by atoms with Gasteiger partial charge in [0.1, 0.15) is 5.75 Å². The Morgan fingerprint density at radius 2 is 1.65 bits per heavy atom. The number of nitrogens with two attached hydrogens (primary N) is 1. The van der Waals surface area contributed by atoms with E-state index in [1.807, 2.05) is 48.5 Å². The summed E-state index contributed by atoms with van der Waals surface area (Å²) in [6.07, 6.45) is 8.85. The maximum atomic E-state index is 8.63. The van der Waals surface area contributed by atoms with E-state index in [0.29, 0.717) is 11.4 Å². The molecule has 0 atom stereocenters. The number of fused-ring (bicyclic) bond motifs is 1. The van der Waals surface area contributed by atoms with Crippen LogP contribution in [0.3, 0.4) is 0 Å². The van der Waals surface area contributed by atoms with Gasteiger partial charge in [-0.05, 0) is 42.5 Å². The normalized spacial score (nSPS) is 10.3. The average Bonchev–Trinajstić information content (AvgIpc) is 2.70. The molecule has 3 aromatic carbocycles. The number of rotatable bonds is 0. The summed E-state index contributed by atoms with van der Waals surface area (Å²) in [5.74, 6) is 3.69. The third kappa shape index (κ3) is 6.34. The van der Waals surface area contributed by atoms with Crippen molar-refractivity contribution in [2.75, 3.05) is 5.73 Å². The SMILES string of the molecule is C#Cc1cccc(N)c1.C1=Cc2ccccc2ON1.Oc1ccccc1. The van der Waals surface area contributed by atoms with E-state index in [0.717, 1.165) is 16.9 Å². The molecule has 0 radical (unpaired) electrons. The standard InChI is InChI=1S/C8H7NO.C8H7N.C6H6O/c1-2-4-8-7(3-1)5-6-9-10-8;1-2-7-4-3-5-8(9)6-7;7-6-4-2-1-3-5-6/h1-6,9H;1,3-6H,9H2;1-5,7H. The molecule has 1 aliphatic rings. The number of nitrogens with one attached hydrogen (secondary N) is 1. The number of terminal acetylenes is 1. The lowest BCUT2D eigenvalue weighted by atomic mass is 10.2. The van der Waals surface area contributed by atoms with E-state index in [1.165, 1.54) is 0 Å². The summed E-state index contributed by atoms with van der Waals surface area (Å²) in [5.41, 5.74) is 10.8. The number of para-hydroxylation sites is 2. The van der Waals surface area contributed by atoms with Crippen LogP contribution in [0.15, 0.2) is 85.1 Å². The number of hydrogen-bond acceptors (Lipinski definition) is 4. The number of hydroxylamine groups is 1. The molecule has 1 heterocycles. The van der Waals surface area contributed by atoms with Crippen molar-refractivity contribution in [1.82, 2.24) is 5.48 Å². The fourth-order valence-corrected chi connectivity index (χ4v) is 1.99. The van der Waals surface area contributed by atoms with Gasteiger partial charge in [0, 0.05) is 23.0 Å². The zero-order valence-corrected chi connectivity index (χ0v) is 14.2. The Morgan fingerprint density at radius 3 is 2.23 bits per heavy atom. The molecule has 0 amide bonds. The van der Waals surface area contributed by atoms with Crippen LogP contribution in [0.4, 0.5) is 5.69 Å². The molecule has 0 unspecified atom stereocenters. The van der Waals surface area contributed by atoms with E-state index in [-0.39, 0.29) is 0 Å². The molecule has 0 aromatic heterocycles. The molecule has 26 heavy (non-hydrogen) atoms. The number of phenols is 1. The monoisotopic (exact) mass is 344 g/mol. The Hall–Kier alpha value is -3.84. The van der Waals surface area contributed by atoms with Gasteiger partial charge in [0.2, 0.25) is 0 Å². The molecular formula is C22H20N2O2. The van der Waals surface area contributed by atoms with Gasteiger partial charge in [-0.25, -0.2) is 5.48 Å². The molecular weight excluding hydrogens is 324 g/mol. The van der Waals surface area contributed by atoms with Gasteiger partial charge in [-0.3, -0.25) is 0 Å². The van der Waals surface area contributed by atoms with Gasteiger partial charge in [0.05, 0.1) is 0 Å². The molecule has 0 fully saturated rings. The van der Waals surface area contributed by atoms with Gasteiger partial charge in [-0.15, -0.1) is 6.42 Å². The lowest BCUT2D eigenvalue weighted by Crippen LogP contribution is -2.13. The molecule has 0 spiro atoms. The minimum Gasteiger partial charge on any atom is -0.508 e. The predicted molar refractivity (Wildman–Crippen MR) is 106 cm³/mol. The van der Waals surface area contributed by atoms with Crippen molar-refractivity contribution in [2.24, 2.45) is 0 Å². The van der Waals surface area contributed by atoms with Crippen molar-refractivity contribution in [1.29, 1.82) is 0 Å². The van der Waals surface area contributed by atoms with Gasteiger partial charge in [-0.1, -0.05) is 48.4 Å². The van der Waals surface area contributed by atoms with E-state index in [2.05, 4.69) is 11.4 Å². The van der Waals surface area contributed by atoms with E-state index in [9.17, 15) is 0 Å². The van der Waals surface area contributed by atoms with Crippen LogP contribution < -0.4 is 16.1 Å². The van der Waals surface area contributed by atoms with Crippen LogP contribution in [-0.4, -0.2) is 5.11 Å². The first-order valence-corrected chi connectivity index (χ1v) is 7.93. The molecule has 0 saturated heterocycles. The Balaban J connectivity index is 0.000000143. The Bertz CT molecular complexity index is 884. The molecule has 1 aliphatic heterocycles. The van der Waals surface area contributed by atoms with Crippen molar-refractivity contribution in [3.63, 3.8) is 0 Å². The number of phenolic OH excluding ortho intramolecular Hbond substituents is 1. The van der Waals surface area contributed by atoms with Crippen molar-refractivity contribution in [3.8, 4) is 23.8 Å². The molecule has 3 aromatic rings. The smallest absolute Gasteiger partial charge is 0.162 e. The van der Waals surface area contributed by atoms with Gasteiger partial charge in [0.15, 0.2) is 5.75 Å². The topological polar surface area (TPSA) is 67.5 Å². The summed E-state index contributed by atoms with van der Waals surface area (Å²) in [6, 6.07) is 23.8. The minimum absolute atomic E-state index is 0.322. The summed E-state index contributed by atoms with van der Waals surface area (Å²) in [5, 5.41) is 8.63. The molecule has 4 nitrogen and oxygen atoms in total. The Kier molecular flexibility index (Phi) is 7.20. The quantitative estimate of drug-likeness (QED) is 0.422. The minimum atomic E-state index is 0.322. The van der Waals surface area contributed by atoms with Crippen molar-refractivity contribution >= 4 is 11.8 Å². The number of hydrogen-bond donors (Lipinski definition) is 3. The highest BCUT2D eigenvalue weighted by Gasteiger charge is 2.01. The lowest BCUT2D eigenvalue weighted by Gasteiger charge is -2.11. The summed E-state index contributed by atoms with van der Waals surface area (Å²) < 4.78 is 0. The largest absolute Gasteiger partial charge is 0.508 e. The zero-order chi connectivity index (χ0) is 18.6. The highest BCUT2D eigenvalue weighted by molar-refractivity contribution is 5.58. The molecule has 4 rings (SSSR count). The van der Waals surface area contributed by atoms with Gasteiger partial charge < -0.3 is 15.7 Å². The second-order valence-electron chi connectivity index (χ2n) is 5.20. The van der Waals surface area contributed by atoms with E-state index >= 15 is 0 Å². The van der Waals surface area contributed by atoms with Crippen LogP contribution >= 0.6 is 0 Å². The van der Waals surface area contributed by atoms with E-state index in [1.54, 1.807) is 42.6 Å². The fourth-order valence-electron chi connectivity index (χ4n) is 1.99. The Morgan fingerprint density at radius 1 is 0.923 bits per heavy atom. The first kappa shape index (κ1) is 18.5. The summed E-state index contributed by atoms with van der Waals surface area (Å²) in [4.78, 5) is 5.09. The molecule has 4 N–H and O–H groups in total. The summed E-state index contributed by atoms with van der Waals surface area (Å²) in [7, 11) is 0. The first-order chi connectivity index (χ1) is 12.7. The van der Waals surface area contributed by atoms with E-state index in [4.69, 9.17) is 22.1 Å². The number of nitrogen functional groups attached to an aromatic ring is 1. The van der Waals surface area contributed by atoms with Crippen LogP contribution in [-0.2, 0) is 0 Å². The van der Waals surface area contributed by atoms with Crippen molar-refractivity contribution in [2.45, 2.75) is 0 Å². The van der Waals surface area contributed by atoms with Crippen LogP contribution in [0, 0.1) is 12.3 Å². The average molecular weight is 344 g/mol. The Labute approximate surface area is 153 Å². The number of anilines is 1. The molecule has 130 valence electrons. The highest BCUT2D eigenvalue weighted by Crippen LogP contribution is 2.20. The fraction of sp³-hybridized carbons (Fsp3) is 0. The maximum absolute atomic E-state index is 8.63. The van der Waals surface area contributed by atoms with Crippen LogP contribution in [0.2, 0.25) is 0 Å². The number of benzene rings is 3. The first-order valence-electron chi connectivity index (χ1n) is 7.93. The number of aromatic hydroxyl groups is 1. The lowest BCUT2D eigenvalue weighted by molar-refractivity contribution is 0.239. The van der Waals surface area contributed by atoms with Gasteiger partial charge in [0.25, 0.3) is 0 Å². The highest BCUT2D eigenvalue weighted by atomic mass is 16.6. The predicted octanol–water partition coefficient (Wildman–Crippen LogP) is 4.20. The van der Waals surface area contributed by atoms with Crippen LogP contribution in [0.5, 0.6) is 11.5 Å². The van der Waals surface area contributed by atoms with Crippen LogP contribution in [0.25, 0.3) is 6.08 Å². The van der Waals surface area contributed by atoms with E-state index < -0.39 is 0 Å². The third-order valence-electron chi connectivity index (χ3n) is 3.23. The molecule has 4 heteroatoms. The third-order valence-corrected chi connectivity index (χ3v) is 3.23. The summed E-state index contributed by atoms with van der Waals surface area (Å²) >= 11 is 0. The van der Waals surface area contributed by atoms with Gasteiger partial charge >= 0.3 is 0 Å². The molecule has 0 saturated carbocycles. The second kappa shape index (κ2) is 10.1. The zero-order valence-electron chi connectivity index (χ0n) is 14.2. The molecule has 0 aliphatic carbocycles. The van der Waals surface area contributed by atoms with Crippen molar-refractivity contribution in [3.05, 3.63) is 96.2 Å². The molecule has 0 bridgehead atoms. The van der Waals surface area contributed by atoms with Crippen molar-refractivity contribution < 1.29 is 9.94 Å². The van der Waals surface area contributed by atoms with Gasteiger partial charge in [-0.2, -0.15) is 0 Å². The van der Waals surface area contributed by atoms with Crippen LogP contribution in [0.1, 0.15) is 11.1 Å². The second-order valence-corrected chi connectivity index (χ2v) is 5.20. The maximum Gasteiger partial charge on any atom is 0.162 e.